The number of rotatable bonds is 2. The number of carbonyl (C=O) groups excluding carboxylic acids is 1. The third kappa shape index (κ3) is 3.81. The molecule has 6 heteroatoms. The molecule has 1 fully saturated rings. The molecule has 2 aromatic carbocycles. The molecular formula is C23H27ClN2O3. The summed E-state index contributed by atoms with van der Waals surface area (Å²) in [6.45, 7) is 6.80. The van der Waals surface area contributed by atoms with Gasteiger partial charge in [-0.1, -0.05) is 41.9 Å². The second kappa shape index (κ2) is 7.22. The molecule has 0 bridgehead atoms. The summed E-state index contributed by atoms with van der Waals surface area (Å²) in [4.78, 5) is 14.8. The van der Waals surface area contributed by atoms with Crippen LogP contribution < -0.4 is 5.32 Å². The van der Waals surface area contributed by atoms with Gasteiger partial charge in [-0.05, 0) is 56.5 Å². The highest BCUT2D eigenvalue weighted by molar-refractivity contribution is 6.30. The van der Waals surface area contributed by atoms with Crippen molar-refractivity contribution in [3.05, 3.63) is 64.7 Å². The van der Waals surface area contributed by atoms with Gasteiger partial charge in [0.05, 0.1) is 12.1 Å². The number of fused-ring (bicyclic) bond motifs is 2. The maximum atomic E-state index is 13.1. The Balaban J connectivity index is 1.69. The zero-order valence-corrected chi connectivity index (χ0v) is 17.7. The van der Waals surface area contributed by atoms with E-state index in [2.05, 4.69) is 17.4 Å². The Bertz CT molecular complexity index is 909. The number of hydrogen-bond donors (Lipinski definition) is 2. The third-order valence-corrected chi connectivity index (χ3v) is 6.04. The van der Waals surface area contributed by atoms with Crippen LogP contribution >= 0.6 is 11.6 Å². The van der Waals surface area contributed by atoms with E-state index in [-0.39, 0.29) is 11.5 Å². The lowest BCUT2D eigenvalue weighted by Gasteiger charge is -2.31. The van der Waals surface area contributed by atoms with Gasteiger partial charge in [0.1, 0.15) is 5.60 Å². The molecule has 0 aliphatic carbocycles. The molecule has 1 spiro atoms. The van der Waals surface area contributed by atoms with Gasteiger partial charge in [-0.3, -0.25) is 0 Å². The van der Waals surface area contributed by atoms with Crippen molar-refractivity contribution in [1.82, 2.24) is 4.90 Å². The number of aliphatic hydroxyl groups is 1. The quantitative estimate of drug-likeness (QED) is 0.744. The fraction of sp³-hybridized carbons (Fsp3) is 0.435. The van der Waals surface area contributed by atoms with Crippen LogP contribution in [0.2, 0.25) is 5.02 Å². The van der Waals surface area contributed by atoms with Crippen molar-refractivity contribution in [1.29, 1.82) is 0 Å². The minimum absolute atomic E-state index is 0.244. The molecule has 0 saturated carbocycles. The van der Waals surface area contributed by atoms with Crippen LogP contribution in [-0.4, -0.2) is 40.8 Å². The second-order valence-electron chi connectivity index (χ2n) is 9.06. The van der Waals surface area contributed by atoms with Crippen molar-refractivity contribution in [2.45, 2.75) is 50.4 Å². The molecule has 2 aliphatic heterocycles. The lowest BCUT2D eigenvalue weighted by Crippen LogP contribution is -2.43. The Morgan fingerprint density at radius 1 is 1.24 bits per heavy atom. The van der Waals surface area contributed by atoms with Gasteiger partial charge in [0, 0.05) is 29.2 Å². The van der Waals surface area contributed by atoms with E-state index in [4.69, 9.17) is 16.3 Å². The normalized spacial score (nSPS) is 24.3. The molecule has 29 heavy (non-hydrogen) atoms. The number of nitrogens with zero attached hydrogens (tertiary/aromatic N) is 1. The van der Waals surface area contributed by atoms with Gasteiger partial charge in [0.15, 0.2) is 0 Å². The number of hydrogen-bond acceptors (Lipinski definition) is 4. The van der Waals surface area contributed by atoms with E-state index >= 15 is 0 Å². The van der Waals surface area contributed by atoms with Crippen LogP contribution in [0.3, 0.4) is 0 Å². The van der Waals surface area contributed by atoms with E-state index in [9.17, 15) is 9.90 Å². The van der Waals surface area contributed by atoms with Gasteiger partial charge in [0.2, 0.25) is 0 Å². The first-order valence-corrected chi connectivity index (χ1v) is 10.3. The molecule has 0 unspecified atom stereocenters. The smallest absolute Gasteiger partial charge is 0.410 e. The molecule has 4 rings (SSSR count). The number of aliphatic hydroxyl groups excluding tert-OH is 1. The first-order valence-electron chi connectivity index (χ1n) is 9.95. The molecule has 5 nitrogen and oxygen atoms in total. The zero-order chi connectivity index (χ0) is 20.8. The monoisotopic (exact) mass is 414 g/mol. The number of anilines is 1. The lowest BCUT2D eigenvalue weighted by molar-refractivity contribution is 0.00470. The Kier molecular flexibility index (Phi) is 4.99. The maximum Gasteiger partial charge on any atom is 0.410 e. The Labute approximate surface area is 176 Å². The van der Waals surface area contributed by atoms with Crippen LogP contribution in [0.25, 0.3) is 0 Å². The summed E-state index contributed by atoms with van der Waals surface area (Å²) >= 11 is 6.01. The first kappa shape index (κ1) is 20.0. The van der Waals surface area contributed by atoms with Crippen molar-refractivity contribution in [2.75, 3.05) is 18.4 Å². The average Bonchev–Trinajstić information content (AvgIpc) is 3.23. The fourth-order valence-electron chi connectivity index (χ4n) is 4.49. The number of amides is 1. The fourth-order valence-corrected chi connectivity index (χ4v) is 4.61. The van der Waals surface area contributed by atoms with Crippen LogP contribution in [0, 0.1) is 0 Å². The van der Waals surface area contributed by atoms with Crippen molar-refractivity contribution in [3.63, 3.8) is 0 Å². The lowest BCUT2D eigenvalue weighted by atomic mass is 9.79. The van der Waals surface area contributed by atoms with E-state index in [1.54, 1.807) is 17.0 Å². The van der Waals surface area contributed by atoms with E-state index in [0.717, 1.165) is 17.8 Å². The predicted molar refractivity (Wildman–Crippen MR) is 114 cm³/mol. The number of para-hydroxylation sites is 1. The highest BCUT2D eigenvalue weighted by atomic mass is 35.5. The summed E-state index contributed by atoms with van der Waals surface area (Å²) in [6, 6.07) is 15.0. The Morgan fingerprint density at radius 3 is 2.62 bits per heavy atom. The van der Waals surface area contributed by atoms with Crippen LogP contribution in [0.5, 0.6) is 0 Å². The van der Waals surface area contributed by atoms with E-state index in [1.807, 2.05) is 45.0 Å². The van der Waals surface area contributed by atoms with Crippen molar-refractivity contribution in [3.8, 4) is 0 Å². The van der Waals surface area contributed by atoms with Gasteiger partial charge in [-0.25, -0.2) is 4.79 Å². The summed E-state index contributed by atoms with van der Waals surface area (Å²) in [5, 5.41) is 15.3. The summed E-state index contributed by atoms with van der Waals surface area (Å²) in [5.41, 5.74) is 2.18. The van der Waals surface area contributed by atoms with Crippen LogP contribution in [0.1, 0.15) is 44.4 Å². The van der Waals surface area contributed by atoms with Gasteiger partial charge < -0.3 is 20.1 Å². The van der Waals surface area contributed by atoms with E-state index < -0.39 is 17.8 Å². The molecule has 0 radical (unpaired) electrons. The molecule has 1 saturated heterocycles. The average molecular weight is 415 g/mol. The molecule has 2 N–H and O–H groups in total. The third-order valence-electron chi connectivity index (χ3n) is 5.79. The van der Waals surface area contributed by atoms with Crippen LogP contribution in [0.4, 0.5) is 10.5 Å². The molecule has 3 atom stereocenters. The van der Waals surface area contributed by atoms with E-state index in [1.165, 1.54) is 5.56 Å². The van der Waals surface area contributed by atoms with Crippen molar-refractivity contribution >= 4 is 23.4 Å². The number of carbonyl (C=O) groups is 1. The summed E-state index contributed by atoms with van der Waals surface area (Å²) in [7, 11) is 0. The summed E-state index contributed by atoms with van der Waals surface area (Å²) in [6.07, 6.45) is -0.566. The Morgan fingerprint density at radius 2 is 1.93 bits per heavy atom. The first-order chi connectivity index (χ1) is 13.7. The van der Waals surface area contributed by atoms with E-state index in [0.29, 0.717) is 18.0 Å². The summed E-state index contributed by atoms with van der Waals surface area (Å²) in [5.74, 6) is 0. The molecule has 154 valence electrons. The maximum absolute atomic E-state index is 13.1. The van der Waals surface area contributed by atoms with Crippen molar-refractivity contribution in [2.24, 2.45) is 0 Å². The number of nitrogens with one attached hydrogen (secondary N) is 1. The standard InChI is InChI=1S/C23H27ClN2O3/c1-22(2,3)29-21(28)26-14-23(13-25-18-7-5-4-6-17(18)23)12-19(26)20(27)15-8-10-16(24)11-9-15/h4-11,19-20,25,27H,12-14H2,1-3H3/t19-,20+,23+/m0/s1. The number of likely N-dealkylation sites (tertiary alicyclic amines) is 1. The minimum atomic E-state index is -0.827. The number of halogens is 1. The topological polar surface area (TPSA) is 61.8 Å². The highest BCUT2D eigenvalue weighted by Gasteiger charge is 2.53. The number of ether oxygens (including phenoxy) is 1. The minimum Gasteiger partial charge on any atom is -0.444 e. The summed E-state index contributed by atoms with van der Waals surface area (Å²) < 4.78 is 5.68. The van der Waals surface area contributed by atoms with Crippen LogP contribution in [0.15, 0.2) is 48.5 Å². The van der Waals surface area contributed by atoms with Gasteiger partial charge >= 0.3 is 6.09 Å². The molecule has 1 amide bonds. The molecule has 0 aromatic heterocycles. The predicted octanol–water partition coefficient (Wildman–Crippen LogP) is 4.75. The molecular weight excluding hydrogens is 388 g/mol. The van der Waals surface area contributed by atoms with Crippen molar-refractivity contribution < 1.29 is 14.6 Å². The highest BCUT2D eigenvalue weighted by Crippen LogP contribution is 2.48. The molecule has 2 aromatic rings. The zero-order valence-electron chi connectivity index (χ0n) is 17.0. The Hall–Kier alpha value is -2.24. The van der Waals surface area contributed by atoms with Crippen LogP contribution in [-0.2, 0) is 10.2 Å². The van der Waals surface area contributed by atoms with Gasteiger partial charge in [0.25, 0.3) is 0 Å². The largest absolute Gasteiger partial charge is 0.444 e. The van der Waals surface area contributed by atoms with Gasteiger partial charge in [-0.15, -0.1) is 0 Å². The van der Waals surface area contributed by atoms with Gasteiger partial charge in [-0.2, -0.15) is 0 Å². The molecule has 2 aliphatic rings. The molecule has 2 heterocycles. The second-order valence-corrected chi connectivity index (χ2v) is 9.49. The number of benzene rings is 2. The SMILES string of the molecule is CC(C)(C)OC(=O)N1C[C@]2(CNc3ccccc32)C[C@H]1[C@H](O)c1ccc(Cl)cc1.